The standard InChI is InChI=1S/C16H27N3/c1-13-5-4-6-15(9-13)19-11-14(2)10-18(3)12-16(19)7-8-17/h4-6,9,14,16H,7-8,10-12,17H2,1-3H3. The Morgan fingerprint density at radius 2 is 2.05 bits per heavy atom. The number of likely N-dealkylation sites (N-methyl/N-ethyl adjacent to an activating group) is 1. The maximum absolute atomic E-state index is 5.82. The van der Waals surface area contributed by atoms with E-state index in [4.69, 9.17) is 5.73 Å². The summed E-state index contributed by atoms with van der Waals surface area (Å²) in [5.41, 5.74) is 8.49. The summed E-state index contributed by atoms with van der Waals surface area (Å²) in [6.07, 6.45) is 1.06. The van der Waals surface area contributed by atoms with Gasteiger partial charge in [-0.1, -0.05) is 19.1 Å². The molecule has 1 aromatic rings. The normalized spacial score (nSPS) is 25.4. The van der Waals surface area contributed by atoms with Crippen LogP contribution in [0.15, 0.2) is 24.3 Å². The van der Waals surface area contributed by atoms with Crippen molar-refractivity contribution in [2.24, 2.45) is 11.7 Å². The van der Waals surface area contributed by atoms with Crippen molar-refractivity contribution in [3.05, 3.63) is 29.8 Å². The summed E-state index contributed by atoms with van der Waals surface area (Å²) in [5, 5.41) is 0. The quantitative estimate of drug-likeness (QED) is 0.904. The molecule has 0 aromatic heterocycles. The Morgan fingerprint density at radius 3 is 2.74 bits per heavy atom. The van der Waals surface area contributed by atoms with E-state index < -0.39 is 0 Å². The molecule has 2 rings (SSSR count). The predicted molar refractivity (Wildman–Crippen MR) is 82.6 cm³/mol. The summed E-state index contributed by atoms with van der Waals surface area (Å²) in [4.78, 5) is 5.01. The third kappa shape index (κ3) is 3.71. The van der Waals surface area contributed by atoms with Gasteiger partial charge in [0.2, 0.25) is 0 Å². The van der Waals surface area contributed by atoms with Crippen LogP contribution in [0.4, 0.5) is 5.69 Å². The Kier molecular flexibility index (Phi) is 4.83. The first-order valence-electron chi connectivity index (χ1n) is 7.32. The molecular weight excluding hydrogens is 234 g/mol. The van der Waals surface area contributed by atoms with Crippen molar-refractivity contribution in [3.8, 4) is 0 Å². The molecule has 1 fully saturated rings. The zero-order valence-corrected chi connectivity index (χ0v) is 12.5. The molecule has 3 heteroatoms. The number of hydrogen-bond acceptors (Lipinski definition) is 3. The van der Waals surface area contributed by atoms with Crippen molar-refractivity contribution in [2.45, 2.75) is 26.3 Å². The average molecular weight is 261 g/mol. The Morgan fingerprint density at radius 1 is 1.26 bits per heavy atom. The minimum Gasteiger partial charge on any atom is -0.367 e. The molecule has 0 spiro atoms. The van der Waals surface area contributed by atoms with Gasteiger partial charge in [0.25, 0.3) is 0 Å². The molecule has 1 aromatic carbocycles. The van der Waals surface area contributed by atoms with Crippen LogP contribution >= 0.6 is 0 Å². The van der Waals surface area contributed by atoms with Crippen LogP contribution in [0.5, 0.6) is 0 Å². The fourth-order valence-electron chi connectivity index (χ4n) is 3.17. The van der Waals surface area contributed by atoms with Crippen LogP contribution < -0.4 is 10.6 Å². The van der Waals surface area contributed by atoms with Gasteiger partial charge in [-0.25, -0.2) is 0 Å². The number of aryl methyl sites for hydroxylation is 1. The molecule has 1 aliphatic rings. The van der Waals surface area contributed by atoms with Crippen LogP contribution in [0.25, 0.3) is 0 Å². The average Bonchev–Trinajstić information content (AvgIpc) is 2.48. The minimum absolute atomic E-state index is 0.529. The summed E-state index contributed by atoms with van der Waals surface area (Å²) >= 11 is 0. The number of rotatable bonds is 3. The zero-order valence-electron chi connectivity index (χ0n) is 12.5. The molecule has 0 radical (unpaired) electrons. The maximum atomic E-state index is 5.82. The molecule has 2 atom stereocenters. The number of benzene rings is 1. The highest BCUT2D eigenvalue weighted by Crippen LogP contribution is 2.24. The highest BCUT2D eigenvalue weighted by molar-refractivity contribution is 5.49. The summed E-state index contributed by atoms with van der Waals surface area (Å²) in [5.74, 6) is 0.688. The van der Waals surface area contributed by atoms with E-state index in [1.54, 1.807) is 0 Å². The number of nitrogens with zero attached hydrogens (tertiary/aromatic N) is 2. The molecule has 2 N–H and O–H groups in total. The fourth-order valence-corrected chi connectivity index (χ4v) is 3.17. The first-order valence-corrected chi connectivity index (χ1v) is 7.32. The molecule has 0 aliphatic carbocycles. The molecule has 0 bridgehead atoms. The summed E-state index contributed by atoms with van der Waals surface area (Å²) in [7, 11) is 2.22. The van der Waals surface area contributed by atoms with E-state index in [0.717, 1.165) is 26.1 Å². The Balaban J connectivity index is 2.26. The van der Waals surface area contributed by atoms with Gasteiger partial charge in [0.1, 0.15) is 0 Å². The van der Waals surface area contributed by atoms with Crippen LogP contribution in [-0.2, 0) is 0 Å². The first kappa shape index (κ1) is 14.4. The largest absolute Gasteiger partial charge is 0.367 e. The second-order valence-corrected chi connectivity index (χ2v) is 6.05. The first-order chi connectivity index (χ1) is 9.10. The molecule has 106 valence electrons. The lowest BCUT2D eigenvalue weighted by molar-refractivity contribution is 0.300. The monoisotopic (exact) mass is 261 g/mol. The minimum atomic E-state index is 0.529. The number of anilines is 1. The van der Waals surface area contributed by atoms with Crippen molar-refractivity contribution in [1.82, 2.24) is 4.90 Å². The lowest BCUT2D eigenvalue weighted by Gasteiger charge is -2.33. The van der Waals surface area contributed by atoms with E-state index >= 15 is 0 Å². The molecule has 1 saturated heterocycles. The molecule has 0 amide bonds. The van der Waals surface area contributed by atoms with Crippen molar-refractivity contribution in [3.63, 3.8) is 0 Å². The number of nitrogens with two attached hydrogens (primary N) is 1. The van der Waals surface area contributed by atoms with E-state index in [9.17, 15) is 0 Å². The van der Waals surface area contributed by atoms with Gasteiger partial charge < -0.3 is 15.5 Å². The summed E-state index contributed by atoms with van der Waals surface area (Å²) < 4.78 is 0. The molecule has 2 unspecified atom stereocenters. The van der Waals surface area contributed by atoms with E-state index in [1.807, 2.05) is 0 Å². The lowest BCUT2D eigenvalue weighted by atomic mass is 10.1. The molecule has 1 heterocycles. The van der Waals surface area contributed by atoms with Gasteiger partial charge in [-0.05, 0) is 50.6 Å². The summed E-state index contributed by atoms with van der Waals surface area (Å²) in [6.45, 7) is 8.66. The maximum Gasteiger partial charge on any atom is 0.0429 e. The van der Waals surface area contributed by atoms with Crippen molar-refractivity contribution >= 4 is 5.69 Å². The van der Waals surface area contributed by atoms with Crippen LogP contribution in [0.1, 0.15) is 18.9 Å². The van der Waals surface area contributed by atoms with Crippen molar-refractivity contribution < 1.29 is 0 Å². The van der Waals surface area contributed by atoms with Gasteiger partial charge in [-0.2, -0.15) is 0 Å². The SMILES string of the molecule is Cc1cccc(N2CC(C)CN(C)CC2CCN)c1. The van der Waals surface area contributed by atoms with Gasteiger partial charge >= 0.3 is 0 Å². The predicted octanol–water partition coefficient (Wildman–Crippen LogP) is 2.10. The molecule has 3 nitrogen and oxygen atoms in total. The Hall–Kier alpha value is -1.06. The van der Waals surface area contributed by atoms with E-state index in [-0.39, 0.29) is 0 Å². The van der Waals surface area contributed by atoms with E-state index in [0.29, 0.717) is 12.0 Å². The number of hydrogen-bond donors (Lipinski definition) is 1. The van der Waals surface area contributed by atoms with Crippen LogP contribution in [0.2, 0.25) is 0 Å². The van der Waals surface area contributed by atoms with Gasteiger partial charge in [-0.15, -0.1) is 0 Å². The van der Waals surface area contributed by atoms with Gasteiger partial charge in [0, 0.05) is 31.4 Å². The lowest BCUT2D eigenvalue weighted by Crippen LogP contribution is -2.42. The molecule has 1 aliphatic heterocycles. The summed E-state index contributed by atoms with van der Waals surface area (Å²) in [6, 6.07) is 9.37. The van der Waals surface area contributed by atoms with Crippen LogP contribution in [0.3, 0.4) is 0 Å². The third-order valence-corrected chi connectivity index (χ3v) is 3.93. The smallest absolute Gasteiger partial charge is 0.0429 e. The Bertz CT molecular complexity index is 405. The topological polar surface area (TPSA) is 32.5 Å². The van der Waals surface area contributed by atoms with E-state index in [2.05, 4.69) is 55.0 Å². The fraction of sp³-hybridized carbons (Fsp3) is 0.625. The van der Waals surface area contributed by atoms with Crippen LogP contribution in [0, 0.1) is 12.8 Å². The second-order valence-electron chi connectivity index (χ2n) is 6.05. The van der Waals surface area contributed by atoms with Gasteiger partial charge in [0.15, 0.2) is 0 Å². The van der Waals surface area contributed by atoms with E-state index in [1.165, 1.54) is 17.8 Å². The van der Waals surface area contributed by atoms with Crippen molar-refractivity contribution in [1.29, 1.82) is 0 Å². The highest BCUT2D eigenvalue weighted by atomic mass is 15.2. The molecular formula is C16H27N3. The van der Waals surface area contributed by atoms with Gasteiger partial charge in [0.05, 0.1) is 0 Å². The highest BCUT2D eigenvalue weighted by Gasteiger charge is 2.26. The van der Waals surface area contributed by atoms with Crippen LogP contribution in [-0.4, -0.2) is 44.2 Å². The van der Waals surface area contributed by atoms with Crippen molar-refractivity contribution in [2.75, 3.05) is 38.1 Å². The second kappa shape index (κ2) is 6.40. The molecule has 0 saturated carbocycles. The third-order valence-electron chi connectivity index (χ3n) is 3.93. The Labute approximate surface area is 117 Å². The van der Waals surface area contributed by atoms with Gasteiger partial charge in [-0.3, -0.25) is 0 Å². The molecule has 19 heavy (non-hydrogen) atoms. The zero-order chi connectivity index (χ0) is 13.8.